The number of nitrogens with one attached hydrogen (secondary N) is 2. The number of anilines is 3. The molecule has 29 heavy (non-hydrogen) atoms. The standard InChI is InChI=1S/C17H13N7O5/c1-2-28-17(27)9-3-5-10(6-4-9)18-13-14(20-16-15(19-13)22-29-23-16)21-24-11(25)7-8-12(24)26/h3-8H,2H2,1H3,(H,18,19,22)(H,20,21,23). The van der Waals surface area contributed by atoms with Crippen molar-refractivity contribution in [2.24, 2.45) is 0 Å². The Bertz CT molecular complexity index is 1120. The highest BCUT2D eigenvalue weighted by molar-refractivity contribution is 6.13. The minimum Gasteiger partial charge on any atom is -0.462 e. The molecule has 3 aromatic rings. The van der Waals surface area contributed by atoms with Gasteiger partial charge in [0.05, 0.1) is 12.2 Å². The molecule has 0 saturated carbocycles. The van der Waals surface area contributed by atoms with Gasteiger partial charge in [-0.25, -0.2) is 14.4 Å². The van der Waals surface area contributed by atoms with Crippen LogP contribution in [0.2, 0.25) is 0 Å². The molecule has 12 heteroatoms. The predicted molar refractivity (Wildman–Crippen MR) is 97.7 cm³/mol. The van der Waals surface area contributed by atoms with Crippen LogP contribution in [-0.2, 0) is 14.3 Å². The number of hydrogen-bond acceptors (Lipinski definition) is 11. The van der Waals surface area contributed by atoms with Crippen molar-refractivity contribution in [2.45, 2.75) is 6.92 Å². The number of fused-ring (bicyclic) bond motifs is 1. The summed E-state index contributed by atoms with van der Waals surface area (Å²) in [6.07, 6.45) is 2.25. The average Bonchev–Trinajstić information content (AvgIpc) is 3.30. The number of hydrogen-bond donors (Lipinski definition) is 2. The largest absolute Gasteiger partial charge is 0.462 e. The molecule has 0 bridgehead atoms. The van der Waals surface area contributed by atoms with E-state index in [-0.39, 0.29) is 29.5 Å². The number of carbonyl (C=O) groups is 3. The van der Waals surface area contributed by atoms with Gasteiger partial charge in [0.2, 0.25) is 11.3 Å². The molecule has 2 N–H and O–H groups in total. The van der Waals surface area contributed by atoms with Crippen LogP contribution in [0.5, 0.6) is 0 Å². The van der Waals surface area contributed by atoms with Gasteiger partial charge in [0.1, 0.15) is 0 Å². The van der Waals surface area contributed by atoms with Crippen LogP contribution in [-0.4, -0.2) is 49.7 Å². The number of carbonyl (C=O) groups excluding carboxylic acids is 3. The van der Waals surface area contributed by atoms with Crippen LogP contribution < -0.4 is 10.7 Å². The fourth-order valence-corrected chi connectivity index (χ4v) is 2.46. The molecular formula is C17H13N7O5. The molecule has 0 unspecified atom stereocenters. The van der Waals surface area contributed by atoms with E-state index in [1.165, 1.54) is 0 Å². The molecule has 0 radical (unpaired) electrons. The van der Waals surface area contributed by atoms with Crippen molar-refractivity contribution in [1.82, 2.24) is 25.3 Å². The van der Waals surface area contributed by atoms with Gasteiger partial charge >= 0.3 is 5.97 Å². The number of aromatic nitrogens is 4. The lowest BCUT2D eigenvalue weighted by Crippen LogP contribution is -2.36. The molecule has 146 valence electrons. The van der Waals surface area contributed by atoms with E-state index in [9.17, 15) is 14.4 Å². The minimum absolute atomic E-state index is 0.0491. The summed E-state index contributed by atoms with van der Waals surface area (Å²) in [6.45, 7) is 2.00. The third kappa shape index (κ3) is 3.58. The number of benzene rings is 1. The molecule has 0 atom stereocenters. The lowest BCUT2D eigenvalue weighted by molar-refractivity contribution is -0.135. The second-order valence-electron chi connectivity index (χ2n) is 5.71. The number of nitrogens with zero attached hydrogens (tertiary/aromatic N) is 5. The van der Waals surface area contributed by atoms with Gasteiger partial charge in [0.15, 0.2) is 11.6 Å². The molecule has 1 aliphatic rings. The van der Waals surface area contributed by atoms with Crippen LogP contribution in [0, 0.1) is 0 Å². The van der Waals surface area contributed by atoms with Crippen LogP contribution in [0.3, 0.4) is 0 Å². The van der Waals surface area contributed by atoms with Crippen molar-refractivity contribution in [3.05, 3.63) is 42.0 Å². The van der Waals surface area contributed by atoms with Crippen molar-refractivity contribution in [3.8, 4) is 0 Å². The molecule has 0 saturated heterocycles. The Morgan fingerprint density at radius 2 is 1.66 bits per heavy atom. The number of amides is 2. The average molecular weight is 395 g/mol. The van der Waals surface area contributed by atoms with Crippen molar-refractivity contribution in [2.75, 3.05) is 17.3 Å². The molecule has 1 aromatic carbocycles. The van der Waals surface area contributed by atoms with E-state index in [0.29, 0.717) is 11.3 Å². The van der Waals surface area contributed by atoms with Gasteiger partial charge in [-0.15, -0.1) is 0 Å². The molecule has 1 aliphatic heterocycles. The molecule has 12 nitrogen and oxygen atoms in total. The second-order valence-corrected chi connectivity index (χ2v) is 5.71. The van der Waals surface area contributed by atoms with Crippen LogP contribution in [0.15, 0.2) is 41.0 Å². The van der Waals surface area contributed by atoms with E-state index in [1.54, 1.807) is 31.2 Å². The van der Waals surface area contributed by atoms with Gasteiger partial charge in [0.25, 0.3) is 11.8 Å². The summed E-state index contributed by atoms with van der Waals surface area (Å²) in [5, 5.41) is 11.0. The first-order valence-corrected chi connectivity index (χ1v) is 8.42. The van der Waals surface area contributed by atoms with Crippen molar-refractivity contribution < 1.29 is 23.7 Å². The maximum Gasteiger partial charge on any atom is 0.338 e. The Morgan fingerprint density at radius 1 is 1.03 bits per heavy atom. The minimum atomic E-state index is -0.556. The third-order valence-electron chi connectivity index (χ3n) is 3.80. The highest BCUT2D eigenvalue weighted by atomic mass is 16.6. The third-order valence-corrected chi connectivity index (χ3v) is 3.80. The summed E-state index contributed by atoms with van der Waals surface area (Å²) < 4.78 is 9.56. The first-order valence-electron chi connectivity index (χ1n) is 8.42. The van der Waals surface area contributed by atoms with Gasteiger partial charge in [-0.05, 0) is 41.5 Å². The maximum absolute atomic E-state index is 11.8. The van der Waals surface area contributed by atoms with Crippen molar-refractivity contribution in [3.63, 3.8) is 0 Å². The van der Waals surface area contributed by atoms with E-state index in [0.717, 1.165) is 17.2 Å². The zero-order chi connectivity index (χ0) is 20.4. The van der Waals surface area contributed by atoms with Crippen LogP contribution in [0.1, 0.15) is 17.3 Å². The Hall–Kier alpha value is -4.35. The number of imide groups is 1. The van der Waals surface area contributed by atoms with Gasteiger partial charge in [-0.1, -0.05) is 0 Å². The molecule has 2 aromatic heterocycles. The van der Waals surface area contributed by atoms with Crippen LogP contribution >= 0.6 is 0 Å². The second kappa shape index (κ2) is 7.34. The summed E-state index contributed by atoms with van der Waals surface area (Å²) >= 11 is 0. The number of rotatable bonds is 6. The van der Waals surface area contributed by atoms with Gasteiger partial charge in [0, 0.05) is 17.8 Å². The van der Waals surface area contributed by atoms with E-state index >= 15 is 0 Å². The van der Waals surface area contributed by atoms with E-state index in [1.807, 2.05) is 0 Å². The van der Waals surface area contributed by atoms with Gasteiger partial charge in [-0.2, -0.15) is 9.99 Å². The molecular weight excluding hydrogens is 382 g/mol. The smallest absolute Gasteiger partial charge is 0.338 e. The number of ether oxygens (including phenoxy) is 1. The topological polar surface area (TPSA) is 152 Å². The van der Waals surface area contributed by atoms with Crippen molar-refractivity contribution in [1.29, 1.82) is 0 Å². The zero-order valence-electron chi connectivity index (χ0n) is 14.9. The normalized spacial score (nSPS) is 13.2. The zero-order valence-corrected chi connectivity index (χ0v) is 14.9. The Labute approximate surface area is 162 Å². The fraction of sp³-hybridized carbons (Fsp3) is 0.118. The summed E-state index contributed by atoms with van der Waals surface area (Å²) in [5.74, 6) is -1.34. The highest BCUT2D eigenvalue weighted by Gasteiger charge is 2.26. The lowest BCUT2D eigenvalue weighted by atomic mass is 10.2. The predicted octanol–water partition coefficient (Wildman–Crippen LogP) is 1.18. The fourth-order valence-electron chi connectivity index (χ4n) is 2.46. The Kier molecular flexibility index (Phi) is 4.57. The van der Waals surface area contributed by atoms with E-state index < -0.39 is 17.8 Å². The number of hydrazine groups is 1. The van der Waals surface area contributed by atoms with Crippen LogP contribution in [0.25, 0.3) is 11.3 Å². The summed E-state index contributed by atoms with van der Waals surface area (Å²) in [5.41, 5.74) is 3.76. The maximum atomic E-state index is 11.8. The van der Waals surface area contributed by atoms with Crippen LogP contribution in [0.4, 0.5) is 17.3 Å². The molecule has 0 spiro atoms. The molecule has 2 amide bonds. The summed E-state index contributed by atoms with van der Waals surface area (Å²) in [7, 11) is 0. The Balaban J connectivity index is 1.63. The SMILES string of the molecule is CCOC(=O)c1ccc(Nc2nc3nonc3nc2NN2C(=O)C=CC2=O)cc1. The molecule has 3 heterocycles. The molecule has 4 rings (SSSR count). The van der Waals surface area contributed by atoms with Gasteiger partial charge in [-0.3, -0.25) is 15.0 Å². The monoisotopic (exact) mass is 395 g/mol. The van der Waals surface area contributed by atoms with E-state index in [4.69, 9.17) is 4.74 Å². The Morgan fingerprint density at radius 3 is 2.28 bits per heavy atom. The first-order chi connectivity index (χ1) is 14.0. The summed E-state index contributed by atoms with van der Waals surface area (Å²) in [6, 6.07) is 6.43. The molecule has 0 fully saturated rings. The lowest BCUT2D eigenvalue weighted by Gasteiger charge is -2.17. The first kappa shape index (κ1) is 18.0. The number of esters is 1. The quantitative estimate of drug-likeness (QED) is 0.457. The highest BCUT2D eigenvalue weighted by Crippen LogP contribution is 2.25. The van der Waals surface area contributed by atoms with Crippen molar-refractivity contribution >= 4 is 46.4 Å². The van der Waals surface area contributed by atoms with E-state index in [2.05, 4.69) is 35.7 Å². The summed E-state index contributed by atoms with van der Waals surface area (Å²) in [4.78, 5) is 43.8. The molecule has 0 aliphatic carbocycles. The van der Waals surface area contributed by atoms with Gasteiger partial charge < -0.3 is 10.1 Å².